The van der Waals surface area contributed by atoms with E-state index < -0.39 is 10.0 Å². The first-order valence-corrected chi connectivity index (χ1v) is 14.8. The number of aryl methyl sites for hydroxylation is 2. The van der Waals surface area contributed by atoms with E-state index in [2.05, 4.69) is 17.4 Å². The summed E-state index contributed by atoms with van der Waals surface area (Å²) in [6, 6.07) is 19.5. The lowest BCUT2D eigenvalue weighted by Crippen LogP contribution is -2.41. The second kappa shape index (κ2) is 11.4. The van der Waals surface area contributed by atoms with Crippen LogP contribution in [0.4, 0.5) is 5.69 Å². The Kier molecular flexibility index (Phi) is 8.26. The normalized spacial score (nSPS) is 13.6. The number of rotatable bonds is 10. The third-order valence-corrected chi connectivity index (χ3v) is 8.90. The number of sulfonamides is 1. The first-order valence-electron chi connectivity index (χ1n) is 12.1. The molecule has 0 spiro atoms. The average molecular weight is 525 g/mol. The largest absolute Gasteiger partial charge is 0.494 e. The second-order valence-electron chi connectivity index (χ2n) is 8.79. The van der Waals surface area contributed by atoms with Crippen molar-refractivity contribution in [2.24, 2.45) is 0 Å². The number of carbonyl (C=O) groups is 1. The summed E-state index contributed by atoms with van der Waals surface area (Å²) in [5.41, 5.74) is 4.12. The smallest absolute Gasteiger partial charge is 0.264 e. The Morgan fingerprint density at radius 3 is 2.39 bits per heavy atom. The van der Waals surface area contributed by atoms with E-state index in [4.69, 9.17) is 4.74 Å². The minimum Gasteiger partial charge on any atom is -0.494 e. The number of nitrogens with zero attached hydrogens (tertiary/aromatic N) is 1. The molecule has 0 aliphatic heterocycles. The van der Waals surface area contributed by atoms with Crippen LogP contribution in [0.3, 0.4) is 0 Å². The number of carbonyl (C=O) groups excluding carboxylic acids is 1. The Hall–Kier alpha value is -2.97. The number of anilines is 1. The fraction of sp³-hybridized carbons (Fsp3) is 0.321. The molecule has 1 amide bonds. The first-order chi connectivity index (χ1) is 17.3. The van der Waals surface area contributed by atoms with Gasteiger partial charge in [0.15, 0.2) is 0 Å². The van der Waals surface area contributed by atoms with Gasteiger partial charge in [0.2, 0.25) is 5.91 Å². The lowest BCUT2D eigenvalue weighted by Gasteiger charge is -2.25. The van der Waals surface area contributed by atoms with Crippen LogP contribution in [0, 0.1) is 0 Å². The van der Waals surface area contributed by atoms with Gasteiger partial charge in [-0.25, -0.2) is 8.42 Å². The SMILES string of the molecule is CCOc1ccc(N(CC(=O)NC(C)c2ccc3c(c2)CCC3)S(=O)(=O)c2ccc(SC)cc2)cc1. The first kappa shape index (κ1) is 26.1. The molecule has 1 atom stereocenters. The highest BCUT2D eigenvalue weighted by Gasteiger charge is 2.28. The molecule has 190 valence electrons. The summed E-state index contributed by atoms with van der Waals surface area (Å²) in [5.74, 6) is 0.263. The van der Waals surface area contributed by atoms with Crippen molar-refractivity contribution in [2.45, 2.75) is 48.9 Å². The number of hydrogen-bond donors (Lipinski definition) is 1. The van der Waals surface area contributed by atoms with Gasteiger partial charge in [-0.15, -0.1) is 11.8 Å². The maximum absolute atomic E-state index is 13.7. The zero-order valence-electron chi connectivity index (χ0n) is 20.9. The third-order valence-electron chi connectivity index (χ3n) is 6.37. The third kappa shape index (κ3) is 5.87. The van der Waals surface area contributed by atoms with Crippen LogP contribution >= 0.6 is 11.8 Å². The molecule has 4 rings (SSSR count). The number of benzene rings is 3. The predicted octanol–water partition coefficient (Wildman–Crippen LogP) is 5.37. The zero-order valence-corrected chi connectivity index (χ0v) is 22.5. The lowest BCUT2D eigenvalue weighted by atomic mass is 10.0. The van der Waals surface area contributed by atoms with Crippen LogP contribution < -0.4 is 14.4 Å². The van der Waals surface area contributed by atoms with Crippen LogP contribution in [0.15, 0.2) is 76.5 Å². The maximum atomic E-state index is 13.7. The molecular formula is C28H32N2O4S2. The number of fused-ring (bicyclic) bond motifs is 1. The molecule has 0 bridgehead atoms. The van der Waals surface area contributed by atoms with E-state index in [0.717, 1.165) is 34.0 Å². The van der Waals surface area contributed by atoms with Gasteiger partial charge in [0.05, 0.1) is 23.2 Å². The van der Waals surface area contributed by atoms with Gasteiger partial charge < -0.3 is 10.1 Å². The van der Waals surface area contributed by atoms with Gasteiger partial charge in [0, 0.05) is 4.90 Å². The molecule has 0 radical (unpaired) electrons. The molecule has 0 aromatic heterocycles. The summed E-state index contributed by atoms with van der Waals surface area (Å²) < 4.78 is 34.0. The van der Waals surface area contributed by atoms with Crippen LogP contribution in [0.2, 0.25) is 0 Å². The van der Waals surface area contributed by atoms with Gasteiger partial charge in [-0.3, -0.25) is 9.10 Å². The van der Waals surface area contributed by atoms with E-state index >= 15 is 0 Å². The van der Waals surface area contributed by atoms with Crippen LogP contribution in [0.5, 0.6) is 5.75 Å². The molecule has 1 aliphatic carbocycles. The quantitative estimate of drug-likeness (QED) is 0.361. The highest BCUT2D eigenvalue weighted by atomic mass is 32.2. The zero-order chi connectivity index (χ0) is 25.7. The molecule has 1 aliphatic rings. The molecule has 1 N–H and O–H groups in total. The Balaban J connectivity index is 1.58. The summed E-state index contributed by atoms with van der Waals surface area (Å²) in [5, 5.41) is 2.99. The molecule has 36 heavy (non-hydrogen) atoms. The van der Waals surface area contributed by atoms with Crippen molar-refractivity contribution < 1.29 is 17.9 Å². The van der Waals surface area contributed by atoms with Gasteiger partial charge in [-0.05, 0) is 105 Å². The predicted molar refractivity (Wildman–Crippen MR) is 145 cm³/mol. The number of hydrogen-bond acceptors (Lipinski definition) is 5. The highest BCUT2D eigenvalue weighted by Crippen LogP contribution is 2.28. The number of amides is 1. The topological polar surface area (TPSA) is 75.7 Å². The van der Waals surface area contributed by atoms with E-state index in [1.54, 1.807) is 48.5 Å². The monoisotopic (exact) mass is 524 g/mol. The second-order valence-corrected chi connectivity index (χ2v) is 11.5. The highest BCUT2D eigenvalue weighted by molar-refractivity contribution is 7.98. The van der Waals surface area contributed by atoms with Gasteiger partial charge >= 0.3 is 0 Å². The van der Waals surface area contributed by atoms with Gasteiger partial charge in [-0.2, -0.15) is 0 Å². The Morgan fingerprint density at radius 1 is 1.03 bits per heavy atom. The summed E-state index contributed by atoms with van der Waals surface area (Å²) >= 11 is 1.54. The Labute approximate surface area is 218 Å². The van der Waals surface area contributed by atoms with Crippen molar-refractivity contribution in [3.05, 3.63) is 83.4 Å². The molecule has 3 aromatic carbocycles. The molecule has 1 unspecified atom stereocenters. The summed E-state index contributed by atoms with van der Waals surface area (Å²) in [6.45, 7) is 3.98. The van der Waals surface area contributed by atoms with Gasteiger partial charge in [0.1, 0.15) is 12.3 Å². The molecule has 6 nitrogen and oxygen atoms in total. The van der Waals surface area contributed by atoms with Crippen molar-refractivity contribution in [1.29, 1.82) is 0 Å². The number of nitrogens with one attached hydrogen (secondary N) is 1. The fourth-order valence-corrected chi connectivity index (χ4v) is 6.26. The van der Waals surface area contributed by atoms with E-state index in [9.17, 15) is 13.2 Å². The van der Waals surface area contributed by atoms with Crippen LogP contribution in [0.1, 0.15) is 43.0 Å². The van der Waals surface area contributed by atoms with Crippen LogP contribution in [-0.4, -0.2) is 33.7 Å². The minimum atomic E-state index is -3.99. The minimum absolute atomic E-state index is 0.133. The standard InChI is InChI=1S/C28H32N2O4S2/c1-4-34-25-12-10-24(11-13-25)30(36(32,33)27-16-14-26(35-3)15-17-27)19-28(31)29-20(2)22-9-8-21-6-5-7-23(21)18-22/h8-18,20H,4-7,19H2,1-3H3,(H,29,31). The molecular weight excluding hydrogens is 492 g/mol. The van der Waals surface area contributed by atoms with E-state index in [1.807, 2.05) is 26.2 Å². The Morgan fingerprint density at radius 2 is 1.72 bits per heavy atom. The molecule has 0 saturated heterocycles. The van der Waals surface area contributed by atoms with E-state index in [0.29, 0.717) is 18.0 Å². The van der Waals surface area contributed by atoms with Crippen molar-refractivity contribution in [2.75, 3.05) is 23.7 Å². The maximum Gasteiger partial charge on any atom is 0.264 e. The van der Waals surface area contributed by atoms with Crippen molar-refractivity contribution in [1.82, 2.24) is 5.32 Å². The number of ether oxygens (including phenoxy) is 1. The van der Waals surface area contributed by atoms with Gasteiger partial charge in [-0.1, -0.05) is 18.2 Å². The summed E-state index contributed by atoms with van der Waals surface area (Å²) in [7, 11) is -3.99. The molecule has 8 heteroatoms. The number of thioether (sulfide) groups is 1. The van der Waals surface area contributed by atoms with Crippen molar-refractivity contribution in [3.8, 4) is 5.75 Å². The van der Waals surface area contributed by atoms with Crippen LogP contribution in [-0.2, 0) is 27.7 Å². The van der Waals surface area contributed by atoms with Crippen molar-refractivity contribution >= 4 is 33.4 Å². The van der Waals surface area contributed by atoms with E-state index in [-0.39, 0.29) is 23.4 Å². The van der Waals surface area contributed by atoms with E-state index in [1.165, 1.54) is 22.9 Å². The lowest BCUT2D eigenvalue weighted by molar-refractivity contribution is -0.120. The Bertz CT molecular complexity index is 1310. The van der Waals surface area contributed by atoms with Crippen LogP contribution in [0.25, 0.3) is 0 Å². The average Bonchev–Trinajstić information content (AvgIpc) is 3.36. The van der Waals surface area contributed by atoms with Crippen molar-refractivity contribution in [3.63, 3.8) is 0 Å². The molecule has 0 saturated carbocycles. The van der Waals surface area contributed by atoms with Gasteiger partial charge in [0.25, 0.3) is 10.0 Å². The molecule has 0 fully saturated rings. The summed E-state index contributed by atoms with van der Waals surface area (Å²) in [6.07, 6.45) is 5.25. The fourth-order valence-electron chi connectivity index (χ4n) is 4.43. The molecule has 3 aromatic rings. The summed E-state index contributed by atoms with van der Waals surface area (Å²) in [4.78, 5) is 14.2. The molecule has 0 heterocycles.